The van der Waals surface area contributed by atoms with E-state index >= 15 is 0 Å². The number of hydrogen-bond acceptors (Lipinski definition) is 5. The highest BCUT2D eigenvalue weighted by molar-refractivity contribution is 5.98. The molecule has 3 rings (SSSR count). The average Bonchev–Trinajstić information content (AvgIpc) is 3.24. The average molecular weight is 355 g/mol. The maximum absolute atomic E-state index is 13.3. The van der Waals surface area contributed by atoms with Crippen molar-refractivity contribution in [2.45, 2.75) is 13.0 Å². The number of halogens is 1. The lowest BCUT2D eigenvalue weighted by molar-refractivity contribution is -0.118. The molecule has 1 aromatic carbocycles. The van der Waals surface area contributed by atoms with Gasteiger partial charge in [0, 0.05) is 24.2 Å². The molecule has 0 aliphatic carbocycles. The van der Waals surface area contributed by atoms with E-state index in [2.05, 4.69) is 27.0 Å². The zero-order valence-electron chi connectivity index (χ0n) is 14.4. The molecule has 0 bridgehead atoms. The zero-order chi connectivity index (χ0) is 18.7. The lowest BCUT2D eigenvalue weighted by Crippen LogP contribution is -2.28. The molecule has 134 valence electrons. The molecule has 0 saturated carbocycles. The zero-order valence-corrected chi connectivity index (χ0v) is 14.4. The Hall–Kier alpha value is -3.29. The van der Waals surface area contributed by atoms with Crippen LogP contribution in [-0.2, 0) is 11.8 Å². The van der Waals surface area contributed by atoms with Gasteiger partial charge in [0.25, 0.3) is 0 Å². The molecule has 2 aromatic heterocycles. The molecule has 0 aliphatic heterocycles. The van der Waals surface area contributed by atoms with Gasteiger partial charge >= 0.3 is 0 Å². The molecule has 0 fully saturated rings. The van der Waals surface area contributed by atoms with E-state index in [1.54, 1.807) is 30.9 Å². The van der Waals surface area contributed by atoms with Crippen LogP contribution in [0.3, 0.4) is 0 Å². The van der Waals surface area contributed by atoms with Gasteiger partial charge < -0.3 is 9.73 Å². The van der Waals surface area contributed by atoms with Gasteiger partial charge in [0.15, 0.2) is 0 Å². The van der Waals surface area contributed by atoms with Gasteiger partial charge in [-0.05, 0) is 25.1 Å². The Morgan fingerprint density at radius 3 is 3.08 bits per heavy atom. The van der Waals surface area contributed by atoms with Crippen LogP contribution in [0.1, 0.15) is 24.6 Å². The molecule has 8 heteroatoms. The van der Waals surface area contributed by atoms with Crippen LogP contribution in [0.4, 0.5) is 4.39 Å². The van der Waals surface area contributed by atoms with Gasteiger partial charge in [0.05, 0.1) is 18.3 Å². The number of hydrogen-bond donors (Lipinski definition) is 1. The van der Waals surface area contributed by atoms with Crippen molar-refractivity contribution in [3.05, 3.63) is 60.2 Å². The number of aliphatic imine (C=N–C) groups is 1. The molecule has 0 spiro atoms. The van der Waals surface area contributed by atoms with Crippen molar-refractivity contribution in [2.24, 2.45) is 12.0 Å². The van der Waals surface area contributed by atoms with E-state index in [1.807, 2.05) is 0 Å². The number of amides is 1. The lowest BCUT2D eigenvalue weighted by Gasteiger charge is -2.10. The highest BCUT2D eigenvalue weighted by Gasteiger charge is 2.15. The molecular formula is C18H18FN5O2. The minimum absolute atomic E-state index is 0.114. The van der Waals surface area contributed by atoms with Crippen LogP contribution < -0.4 is 5.32 Å². The van der Waals surface area contributed by atoms with Crippen molar-refractivity contribution < 1.29 is 13.6 Å². The van der Waals surface area contributed by atoms with E-state index in [0.717, 1.165) is 5.39 Å². The van der Waals surface area contributed by atoms with Gasteiger partial charge in [-0.3, -0.25) is 14.5 Å². The first-order chi connectivity index (χ1) is 12.5. The van der Waals surface area contributed by atoms with Gasteiger partial charge in [-0.1, -0.05) is 6.58 Å². The summed E-state index contributed by atoms with van der Waals surface area (Å²) in [5, 5.41) is 7.83. The van der Waals surface area contributed by atoms with E-state index in [-0.39, 0.29) is 24.3 Å². The second-order valence-corrected chi connectivity index (χ2v) is 5.81. The molecular weight excluding hydrogens is 337 g/mol. The Morgan fingerprint density at radius 2 is 2.35 bits per heavy atom. The molecule has 3 aromatic rings. The first-order valence-electron chi connectivity index (χ1n) is 7.96. The predicted octanol–water partition coefficient (Wildman–Crippen LogP) is 2.55. The highest BCUT2D eigenvalue weighted by atomic mass is 19.1. The SMILES string of the molecule is C=C(CN=Cc1nn(C)c2cc(F)ccc12)C(=O)NC(C)c1ncco1. The summed E-state index contributed by atoms with van der Waals surface area (Å²) in [6.07, 6.45) is 4.51. The van der Waals surface area contributed by atoms with Crippen molar-refractivity contribution in [1.82, 2.24) is 20.1 Å². The Labute approximate surface area is 149 Å². The molecule has 0 saturated heterocycles. The number of benzene rings is 1. The number of nitrogens with zero attached hydrogens (tertiary/aromatic N) is 4. The van der Waals surface area contributed by atoms with Crippen molar-refractivity contribution >= 4 is 23.0 Å². The maximum atomic E-state index is 13.3. The van der Waals surface area contributed by atoms with Gasteiger partial charge in [-0.25, -0.2) is 9.37 Å². The molecule has 7 nitrogen and oxygen atoms in total. The molecule has 1 amide bonds. The predicted molar refractivity (Wildman–Crippen MR) is 95.3 cm³/mol. The van der Waals surface area contributed by atoms with Crippen LogP contribution in [0.2, 0.25) is 0 Å². The van der Waals surface area contributed by atoms with Crippen LogP contribution >= 0.6 is 0 Å². The number of nitrogens with one attached hydrogen (secondary N) is 1. The summed E-state index contributed by atoms with van der Waals surface area (Å²) < 4.78 is 20.1. The minimum atomic E-state index is -0.368. The third-order valence-corrected chi connectivity index (χ3v) is 3.83. The van der Waals surface area contributed by atoms with Crippen molar-refractivity contribution in [3.8, 4) is 0 Å². The van der Waals surface area contributed by atoms with Crippen LogP contribution in [-0.4, -0.2) is 33.4 Å². The number of fused-ring (bicyclic) bond motifs is 1. The van der Waals surface area contributed by atoms with E-state index in [1.165, 1.54) is 24.6 Å². The Bertz CT molecular complexity index is 975. The highest BCUT2D eigenvalue weighted by Crippen LogP contribution is 2.18. The van der Waals surface area contributed by atoms with Crippen LogP contribution in [0.15, 0.2) is 52.2 Å². The summed E-state index contributed by atoms with van der Waals surface area (Å²) in [6.45, 7) is 5.63. The molecule has 1 N–H and O–H groups in total. The summed E-state index contributed by atoms with van der Waals surface area (Å²) in [5.41, 5.74) is 1.57. The Morgan fingerprint density at radius 1 is 1.54 bits per heavy atom. The van der Waals surface area contributed by atoms with E-state index in [9.17, 15) is 9.18 Å². The molecule has 1 unspecified atom stereocenters. The normalized spacial score (nSPS) is 12.6. The largest absolute Gasteiger partial charge is 0.447 e. The van der Waals surface area contributed by atoms with E-state index in [4.69, 9.17) is 4.42 Å². The second kappa shape index (κ2) is 7.30. The third kappa shape index (κ3) is 3.69. The number of carbonyl (C=O) groups is 1. The molecule has 0 radical (unpaired) electrons. The van der Waals surface area contributed by atoms with Gasteiger partial charge in [-0.2, -0.15) is 5.10 Å². The monoisotopic (exact) mass is 355 g/mol. The Balaban J connectivity index is 1.63. The first-order valence-corrected chi connectivity index (χ1v) is 7.96. The van der Waals surface area contributed by atoms with Crippen LogP contribution in [0.25, 0.3) is 10.9 Å². The topological polar surface area (TPSA) is 85.3 Å². The number of oxazole rings is 1. The smallest absolute Gasteiger partial charge is 0.249 e. The van der Waals surface area contributed by atoms with Crippen molar-refractivity contribution in [1.29, 1.82) is 0 Å². The summed E-state index contributed by atoms with van der Waals surface area (Å²) in [4.78, 5) is 20.3. The fraction of sp³-hybridized carbons (Fsp3) is 0.222. The number of aryl methyl sites for hydroxylation is 1. The summed E-state index contributed by atoms with van der Waals surface area (Å²) in [5.74, 6) is -0.239. The molecule has 1 atom stereocenters. The first kappa shape index (κ1) is 17.5. The molecule has 0 aliphatic rings. The summed E-state index contributed by atoms with van der Waals surface area (Å²) >= 11 is 0. The number of aromatic nitrogens is 3. The quantitative estimate of drug-likeness (QED) is 0.544. The van der Waals surface area contributed by atoms with Crippen molar-refractivity contribution in [2.75, 3.05) is 6.54 Å². The van der Waals surface area contributed by atoms with Gasteiger partial charge in [0.2, 0.25) is 11.8 Å². The molecule has 2 heterocycles. The number of carbonyl (C=O) groups excluding carboxylic acids is 1. The fourth-order valence-corrected chi connectivity index (χ4v) is 2.48. The van der Waals surface area contributed by atoms with Gasteiger partial charge in [0.1, 0.15) is 23.8 Å². The van der Waals surface area contributed by atoms with E-state index < -0.39 is 0 Å². The maximum Gasteiger partial charge on any atom is 0.249 e. The lowest BCUT2D eigenvalue weighted by atomic mass is 10.2. The summed E-state index contributed by atoms with van der Waals surface area (Å²) in [6, 6.07) is 4.07. The third-order valence-electron chi connectivity index (χ3n) is 3.83. The van der Waals surface area contributed by atoms with E-state index in [0.29, 0.717) is 22.7 Å². The van der Waals surface area contributed by atoms with Crippen LogP contribution in [0, 0.1) is 5.82 Å². The van der Waals surface area contributed by atoms with Crippen LogP contribution in [0.5, 0.6) is 0 Å². The van der Waals surface area contributed by atoms with Crippen molar-refractivity contribution in [3.63, 3.8) is 0 Å². The standard InChI is InChI=1S/C18H18FN5O2/c1-11(17(25)22-12(2)18-21-6-7-26-18)9-20-10-15-14-5-4-13(19)8-16(14)24(3)23-15/h4-8,10,12H,1,9H2,2-3H3,(H,22,25). The van der Waals surface area contributed by atoms with Gasteiger partial charge in [-0.15, -0.1) is 0 Å². The molecule has 26 heavy (non-hydrogen) atoms. The number of rotatable bonds is 6. The summed E-state index contributed by atoms with van der Waals surface area (Å²) in [7, 11) is 1.73. The minimum Gasteiger partial charge on any atom is -0.447 e. The second-order valence-electron chi connectivity index (χ2n) is 5.81. The Kier molecular flexibility index (Phi) is 4.92. The fourth-order valence-electron chi connectivity index (χ4n) is 2.48.